The van der Waals surface area contributed by atoms with Crippen LogP contribution < -0.4 is 5.32 Å². The maximum atomic E-state index is 11.5. The summed E-state index contributed by atoms with van der Waals surface area (Å²) in [5, 5.41) is 3.58. The van der Waals surface area contributed by atoms with Gasteiger partial charge in [-0.25, -0.2) is 4.79 Å². The lowest BCUT2D eigenvalue weighted by molar-refractivity contribution is 0.0430. The molecule has 0 unspecified atom stereocenters. The Morgan fingerprint density at radius 2 is 1.31 bits per heavy atom. The Morgan fingerprint density at radius 1 is 0.862 bits per heavy atom. The van der Waals surface area contributed by atoms with Crippen LogP contribution in [0.2, 0.25) is 0 Å². The number of hydrogen-bond acceptors (Lipinski definition) is 4. The molecule has 2 aromatic carbocycles. The summed E-state index contributed by atoms with van der Waals surface area (Å²) in [5.41, 5.74) is 5.24. The van der Waals surface area contributed by atoms with Crippen molar-refractivity contribution in [2.45, 2.75) is 64.0 Å². The van der Waals surface area contributed by atoms with E-state index in [1.165, 1.54) is 29.4 Å². The fourth-order valence-electron chi connectivity index (χ4n) is 4.09. The number of rotatable bonds is 6. The molecule has 1 aliphatic rings. The molecule has 1 heterocycles. The van der Waals surface area contributed by atoms with Gasteiger partial charge < -0.3 is 14.8 Å². The average molecular weight is 396 g/mol. The topological polar surface area (TPSA) is 47.6 Å². The van der Waals surface area contributed by atoms with E-state index in [-0.39, 0.29) is 18.1 Å². The number of benzene rings is 2. The summed E-state index contributed by atoms with van der Waals surface area (Å²) in [5.74, 6) is 1.22. The molecule has 1 N–H and O–H groups in total. The summed E-state index contributed by atoms with van der Waals surface area (Å²) < 4.78 is 10.0. The van der Waals surface area contributed by atoms with Crippen molar-refractivity contribution in [1.29, 1.82) is 0 Å². The highest BCUT2D eigenvalue weighted by atomic mass is 16.7. The number of carbonyl (C=O) groups excluding carboxylic acids is 1. The van der Waals surface area contributed by atoms with Crippen LogP contribution >= 0.6 is 0 Å². The van der Waals surface area contributed by atoms with E-state index in [9.17, 15) is 4.79 Å². The van der Waals surface area contributed by atoms with Gasteiger partial charge in [-0.2, -0.15) is 0 Å². The summed E-state index contributed by atoms with van der Waals surface area (Å²) in [4.78, 5) is 11.5. The van der Waals surface area contributed by atoms with Gasteiger partial charge in [-0.1, -0.05) is 76.2 Å². The third-order valence-electron chi connectivity index (χ3n) is 5.88. The van der Waals surface area contributed by atoms with Gasteiger partial charge in [-0.05, 0) is 34.1 Å². The first kappa shape index (κ1) is 21.4. The fraction of sp³-hybridized carbons (Fsp3) is 0.480. The van der Waals surface area contributed by atoms with Gasteiger partial charge >= 0.3 is 6.16 Å². The summed E-state index contributed by atoms with van der Waals surface area (Å²) in [6, 6.07) is 18.1. The smallest absolute Gasteiger partial charge is 0.438 e. The highest BCUT2D eigenvalue weighted by Crippen LogP contribution is 2.34. The first-order chi connectivity index (χ1) is 13.9. The van der Waals surface area contributed by atoms with Crippen LogP contribution in [0.4, 0.5) is 4.79 Å². The Kier molecular flexibility index (Phi) is 6.96. The highest BCUT2D eigenvalue weighted by molar-refractivity contribution is 5.59. The van der Waals surface area contributed by atoms with E-state index in [0.717, 1.165) is 6.42 Å². The summed E-state index contributed by atoms with van der Waals surface area (Å²) in [7, 11) is 1.34. The van der Waals surface area contributed by atoms with Crippen LogP contribution in [0.15, 0.2) is 48.5 Å². The molecule has 29 heavy (non-hydrogen) atoms. The molecule has 1 aliphatic heterocycles. The zero-order valence-electron chi connectivity index (χ0n) is 18.1. The molecule has 1 saturated heterocycles. The first-order valence-corrected chi connectivity index (χ1v) is 10.6. The third kappa shape index (κ3) is 5.18. The van der Waals surface area contributed by atoms with Gasteiger partial charge in [-0.3, -0.25) is 0 Å². The van der Waals surface area contributed by atoms with Crippen LogP contribution in [0.1, 0.15) is 74.1 Å². The van der Waals surface area contributed by atoms with E-state index in [1.807, 2.05) is 0 Å². The van der Waals surface area contributed by atoms with E-state index in [1.54, 1.807) is 0 Å². The van der Waals surface area contributed by atoms with Crippen LogP contribution in [-0.4, -0.2) is 32.0 Å². The van der Waals surface area contributed by atoms with Gasteiger partial charge in [0.25, 0.3) is 0 Å². The van der Waals surface area contributed by atoms with Crippen molar-refractivity contribution in [2.24, 2.45) is 0 Å². The van der Waals surface area contributed by atoms with Crippen LogP contribution in [0, 0.1) is 0 Å². The molecule has 2 atom stereocenters. The maximum Gasteiger partial charge on any atom is 0.508 e. The minimum Gasteiger partial charge on any atom is -0.438 e. The molecule has 1 fully saturated rings. The van der Waals surface area contributed by atoms with Crippen LogP contribution in [0.5, 0.6) is 0 Å². The molecule has 3 rings (SSSR count). The Labute approximate surface area is 174 Å². The summed E-state index contributed by atoms with van der Waals surface area (Å²) >= 11 is 0. The molecule has 0 aromatic heterocycles. The lowest BCUT2D eigenvalue weighted by atomic mass is 9.82. The summed E-state index contributed by atoms with van der Waals surface area (Å²) in [6.07, 6.45) is -0.0196. The maximum absolute atomic E-state index is 11.5. The van der Waals surface area contributed by atoms with Crippen molar-refractivity contribution >= 4 is 6.16 Å². The lowest BCUT2D eigenvalue weighted by Crippen LogP contribution is -2.29. The van der Waals surface area contributed by atoms with E-state index in [2.05, 4.69) is 86.3 Å². The number of methoxy groups -OCH3 is 1. The van der Waals surface area contributed by atoms with Crippen molar-refractivity contribution in [3.63, 3.8) is 0 Å². The first-order valence-electron chi connectivity index (χ1n) is 10.6. The van der Waals surface area contributed by atoms with E-state index in [0.29, 0.717) is 18.4 Å². The highest BCUT2D eigenvalue weighted by Gasteiger charge is 2.34. The quantitative estimate of drug-likeness (QED) is 0.649. The largest absolute Gasteiger partial charge is 0.508 e. The van der Waals surface area contributed by atoms with Gasteiger partial charge in [0.2, 0.25) is 0 Å². The van der Waals surface area contributed by atoms with Crippen LogP contribution in [-0.2, 0) is 9.47 Å². The minimum atomic E-state index is -0.614. The van der Waals surface area contributed by atoms with Crippen LogP contribution in [0.25, 0.3) is 0 Å². The van der Waals surface area contributed by atoms with Crippen molar-refractivity contribution < 1.29 is 14.3 Å². The molecule has 4 heteroatoms. The Morgan fingerprint density at radius 3 is 1.72 bits per heavy atom. The zero-order valence-corrected chi connectivity index (χ0v) is 18.1. The van der Waals surface area contributed by atoms with Gasteiger partial charge in [0, 0.05) is 24.9 Å². The van der Waals surface area contributed by atoms with Crippen molar-refractivity contribution in [2.75, 3.05) is 13.7 Å². The molecule has 2 aromatic rings. The van der Waals surface area contributed by atoms with E-state index in [4.69, 9.17) is 4.74 Å². The zero-order chi connectivity index (χ0) is 21.0. The molecule has 0 aliphatic carbocycles. The molecule has 0 amide bonds. The minimum absolute atomic E-state index is 0.167. The van der Waals surface area contributed by atoms with Crippen LogP contribution in [0.3, 0.4) is 0 Å². The molecule has 0 saturated carbocycles. The monoisotopic (exact) mass is 395 g/mol. The van der Waals surface area contributed by atoms with Gasteiger partial charge in [-0.15, -0.1) is 0 Å². The average Bonchev–Trinajstić information content (AvgIpc) is 3.16. The van der Waals surface area contributed by atoms with E-state index >= 15 is 0 Å². The van der Waals surface area contributed by atoms with E-state index < -0.39 is 6.16 Å². The Bertz CT molecular complexity index is 744. The molecular formula is C25H33NO3. The van der Waals surface area contributed by atoms with Gasteiger partial charge in [0.15, 0.2) is 0 Å². The number of carbonyl (C=O) groups is 1. The molecule has 4 nitrogen and oxygen atoms in total. The summed E-state index contributed by atoms with van der Waals surface area (Å²) in [6.45, 7) is 9.49. The Hall–Kier alpha value is -2.33. The SMILES string of the molecule is COC(=O)O[C@H]1CN[C@@H](C(c2ccc(C(C)C)cc2)c2ccc(C(C)C)cc2)C1. The number of nitrogens with one attached hydrogen (secondary N) is 1. The predicted octanol–water partition coefficient (Wildman–Crippen LogP) is 5.58. The third-order valence-corrected chi connectivity index (χ3v) is 5.88. The van der Waals surface area contributed by atoms with Gasteiger partial charge in [0.1, 0.15) is 6.10 Å². The molecule has 0 radical (unpaired) electrons. The second kappa shape index (κ2) is 9.45. The van der Waals surface area contributed by atoms with Crippen molar-refractivity contribution in [3.8, 4) is 0 Å². The number of hydrogen-bond donors (Lipinski definition) is 1. The normalized spacial score (nSPS) is 19.2. The lowest BCUT2D eigenvalue weighted by Gasteiger charge is -2.26. The molecule has 156 valence electrons. The second-order valence-corrected chi connectivity index (χ2v) is 8.56. The van der Waals surface area contributed by atoms with Gasteiger partial charge in [0.05, 0.1) is 7.11 Å². The second-order valence-electron chi connectivity index (χ2n) is 8.56. The number of ether oxygens (including phenoxy) is 2. The molecule has 0 spiro atoms. The predicted molar refractivity (Wildman–Crippen MR) is 117 cm³/mol. The standard InChI is InChI=1S/C25H33NO3/c1-16(2)18-6-10-20(11-7-18)24(21-12-8-19(9-13-21)17(3)4)23-14-22(15-26-23)29-25(27)28-5/h6-13,16-17,22-24,26H,14-15H2,1-5H3/t22-,23-/m1/s1. The fourth-order valence-corrected chi connectivity index (χ4v) is 4.09. The Balaban J connectivity index is 1.88. The van der Waals surface area contributed by atoms with Crippen molar-refractivity contribution in [3.05, 3.63) is 70.8 Å². The molecule has 0 bridgehead atoms. The van der Waals surface area contributed by atoms with Crippen molar-refractivity contribution in [1.82, 2.24) is 5.32 Å². The molecular weight excluding hydrogens is 362 g/mol.